The molecule has 1 aromatic heterocycles. The lowest BCUT2D eigenvalue weighted by atomic mass is 10.1. The number of aromatic hydroxyl groups is 1. The van der Waals surface area contributed by atoms with Crippen LogP contribution in [-0.4, -0.2) is 36.0 Å². The number of fused-ring (bicyclic) bond motifs is 1. The summed E-state index contributed by atoms with van der Waals surface area (Å²) in [5, 5.41) is 9.99. The van der Waals surface area contributed by atoms with E-state index in [2.05, 4.69) is 0 Å². The predicted octanol–water partition coefficient (Wildman–Crippen LogP) is 4.42. The SMILES string of the molecule is COc1cc(-c2nc3ccccc3n2-c2cccc(O)c2)cc(OC)c1OC. The maximum atomic E-state index is 9.99. The molecular weight excluding hydrogens is 356 g/mol. The summed E-state index contributed by atoms with van der Waals surface area (Å²) in [6.07, 6.45) is 0. The number of phenols is 1. The fourth-order valence-corrected chi connectivity index (χ4v) is 3.32. The van der Waals surface area contributed by atoms with Crippen molar-refractivity contribution in [3.63, 3.8) is 0 Å². The van der Waals surface area contributed by atoms with Gasteiger partial charge in [0.15, 0.2) is 11.5 Å². The zero-order valence-corrected chi connectivity index (χ0v) is 15.8. The molecule has 0 bridgehead atoms. The molecule has 0 spiro atoms. The number of ether oxygens (including phenoxy) is 3. The van der Waals surface area contributed by atoms with Crippen molar-refractivity contribution in [3.05, 3.63) is 60.7 Å². The van der Waals surface area contributed by atoms with Gasteiger partial charge in [0.1, 0.15) is 11.6 Å². The van der Waals surface area contributed by atoms with E-state index in [1.54, 1.807) is 39.5 Å². The molecule has 4 aromatic rings. The third-order valence-electron chi connectivity index (χ3n) is 4.57. The van der Waals surface area contributed by atoms with Crippen LogP contribution in [-0.2, 0) is 0 Å². The molecule has 0 aliphatic carbocycles. The number of hydrogen-bond donors (Lipinski definition) is 1. The average molecular weight is 376 g/mol. The van der Waals surface area contributed by atoms with E-state index in [1.165, 1.54) is 0 Å². The topological polar surface area (TPSA) is 65.7 Å². The Kier molecular flexibility index (Phi) is 4.53. The molecule has 0 aliphatic heterocycles. The normalized spacial score (nSPS) is 10.8. The number of phenolic OH excluding ortho intramolecular Hbond substituents is 1. The first-order valence-electron chi connectivity index (χ1n) is 8.73. The Hall–Kier alpha value is -3.67. The summed E-state index contributed by atoms with van der Waals surface area (Å²) >= 11 is 0. The van der Waals surface area contributed by atoms with E-state index < -0.39 is 0 Å². The molecule has 4 rings (SSSR count). The molecule has 0 saturated carbocycles. The molecular formula is C22H20N2O4. The summed E-state index contributed by atoms with van der Waals surface area (Å²) in [5.74, 6) is 2.50. The van der Waals surface area contributed by atoms with Gasteiger partial charge in [0.25, 0.3) is 0 Å². The van der Waals surface area contributed by atoms with Gasteiger partial charge in [0.05, 0.1) is 38.1 Å². The molecule has 142 valence electrons. The average Bonchev–Trinajstić information content (AvgIpc) is 3.12. The summed E-state index contributed by atoms with van der Waals surface area (Å²) < 4.78 is 18.4. The van der Waals surface area contributed by atoms with Crippen LogP contribution in [0.15, 0.2) is 60.7 Å². The van der Waals surface area contributed by atoms with Gasteiger partial charge in [-0.3, -0.25) is 4.57 Å². The highest BCUT2D eigenvalue weighted by Crippen LogP contribution is 2.42. The molecule has 28 heavy (non-hydrogen) atoms. The van der Waals surface area contributed by atoms with E-state index >= 15 is 0 Å². The Morgan fingerprint density at radius 2 is 1.54 bits per heavy atom. The van der Waals surface area contributed by atoms with Gasteiger partial charge >= 0.3 is 0 Å². The van der Waals surface area contributed by atoms with E-state index in [1.807, 2.05) is 47.0 Å². The fraction of sp³-hybridized carbons (Fsp3) is 0.136. The smallest absolute Gasteiger partial charge is 0.203 e. The number of para-hydroxylation sites is 2. The Labute approximate surface area is 162 Å². The second-order valence-corrected chi connectivity index (χ2v) is 6.19. The number of methoxy groups -OCH3 is 3. The van der Waals surface area contributed by atoms with Crippen LogP contribution in [0.4, 0.5) is 0 Å². The van der Waals surface area contributed by atoms with Crippen molar-refractivity contribution in [1.82, 2.24) is 9.55 Å². The van der Waals surface area contributed by atoms with Crippen molar-refractivity contribution in [2.24, 2.45) is 0 Å². The third-order valence-corrected chi connectivity index (χ3v) is 4.57. The number of nitrogens with zero attached hydrogens (tertiary/aromatic N) is 2. The van der Waals surface area contributed by atoms with Gasteiger partial charge < -0.3 is 19.3 Å². The van der Waals surface area contributed by atoms with E-state index in [9.17, 15) is 5.11 Å². The highest BCUT2D eigenvalue weighted by molar-refractivity contribution is 5.84. The van der Waals surface area contributed by atoms with Gasteiger partial charge in [-0.2, -0.15) is 0 Å². The number of imidazole rings is 1. The molecule has 0 unspecified atom stereocenters. The Morgan fingerprint density at radius 3 is 2.18 bits per heavy atom. The standard InChI is InChI=1S/C22H20N2O4/c1-26-19-11-14(12-20(27-2)21(19)28-3)22-23-17-9-4-5-10-18(17)24(22)15-7-6-8-16(25)13-15/h4-13,25H,1-3H3. The van der Waals surface area contributed by atoms with E-state index in [-0.39, 0.29) is 5.75 Å². The molecule has 0 radical (unpaired) electrons. The first kappa shape index (κ1) is 17.7. The minimum absolute atomic E-state index is 0.186. The molecule has 3 aromatic carbocycles. The van der Waals surface area contributed by atoms with Crippen molar-refractivity contribution >= 4 is 11.0 Å². The second-order valence-electron chi connectivity index (χ2n) is 6.19. The van der Waals surface area contributed by atoms with Gasteiger partial charge in [0.2, 0.25) is 5.75 Å². The van der Waals surface area contributed by atoms with Gasteiger partial charge in [-0.25, -0.2) is 4.98 Å². The van der Waals surface area contributed by atoms with Crippen LogP contribution in [0.25, 0.3) is 28.1 Å². The quantitative estimate of drug-likeness (QED) is 0.558. The number of benzene rings is 3. The number of aromatic nitrogens is 2. The fourth-order valence-electron chi connectivity index (χ4n) is 3.32. The maximum Gasteiger partial charge on any atom is 0.203 e. The molecule has 0 fully saturated rings. The van der Waals surface area contributed by atoms with Crippen LogP contribution < -0.4 is 14.2 Å². The summed E-state index contributed by atoms with van der Waals surface area (Å²) in [6.45, 7) is 0. The number of hydrogen-bond acceptors (Lipinski definition) is 5. The lowest BCUT2D eigenvalue weighted by Gasteiger charge is -2.15. The molecule has 1 heterocycles. The molecule has 0 atom stereocenters. The van der Waals surface area contributed by atoms with Gasteiger partial charge in [-0.05, 0) is 36.4 Å². The van der Waals surface area contributed by atoms with Crippen LogP contribution in [0.5, 0.6) is 23.0 Å². The van der Waals surface area contributed by atoms with Crippen LogP contribution in [0.2, 0.25) is 0 Å². The van der Waals surface area contributed by atoms with Crippen LogP contribution in [0.3, 0.4) is 0 Å². The van der Waals surface area contributed by atoms with Crippen molar-refractivity contribution in [2.75, 3.05) is 21.3 Å². The Bertz CT molecular complexity index is 1130. The zero-order valence-electron chi connectivity index (χ0n) is 15.8. The molecule has 1 N–H and O–H groups in total. The summed E-state index contributed by atoms with van der Waals surface area (Å²) in [6, 6.07) is 18.7. The summed E-state index contributed by atoms with van der Waals surface area (Å²) in [7, 11) is 4.74. The highest BCUT2D eigenvalue weighted by Gasteiger charge is 2.19. The number of rotatable bonds is 5. The lowest BCUT2D eigenvalue weighted by molar-refractivity contribution is 0.324. The minimum atomic E-state index is 0.186. The molecule has 6 heteroatoms. The van der Waals surface area contributed by atoms with Crippen LogP contribution >= 0.6 is 0 Å². The Morgan fingerprint density at radius 1 is 0.821 bits per heavy atom. The first-order valence-corrected chi connectivity index (χ1v) is 8.73. The van der Waals surface area contributed by atoms with Crippen LogP contribution in [0.1, 0.15) is 0 Å². The zero-order chi connectivity index (χ0) is 19.7. The largest absolute Gasteiger partial charge is 0.508 e. The molecule has 6 nitrogen and oxygen atoms in total. The molecule has 0 aliphatic rings. The predicted molar refractivity (Wildman–Crippen MR) is 108 cm³/mol. The summed E-state index contributed by atoms with van der Waals surface area (Å²) in [5.41, 5.74) is 3.37. The minimum Gasteiger partial charge on any atom is -0.508 e. The summed E-state index contributed by atoms with van der Waals surface area (Å²) in [4.78, 5) is 4.82. The molecule has 0 saturated heterocycles. The van der Waals surface area contributed by atoms with Crippen molar-refractivity contribution in [1.29, 1.82) is 0 Å². The highest BCUT2D eigenvalue weighted by atomic mass is 16.5. The van der Waals surface area contributed by atoms with Gasteiger partial charge in [-0.15, -0.1) is 0 Å². The lowest BCUT2D eigenvalue weighted by Crippen LogP contribution is -2.00. The van der Waals surface area contributed by atoms with Crippen LogP contribution in [0, 0.1) is 0 Å². The third kappa shape index (κ3) is 2.89. The first-order chi connectivity index (χ1) is 13.7. The monoisotopic (exact) mass is 376 g/mol. The Balaban J connectivity index is 2.03. The van der Waals surface area contributed by atoms with Crippen molar-refractivity contribution in [2.45, 2.75) is 0 Å². The van der Waals surface area contributed by atoms with E-state index in [0.717, 1.165) is 22.3 Å². The van der Waals surface area contributed by atoms with Crippen molar-refractivity contribution < 1.29 is 19.3 Å². The van der Waals surface area contributed by atoms with Gasteiger partial charge in [-0.1, -0.05) is 18.2 Å². The molecule has 0 amide bonds. The van der Waals surface area contributed by atoms with Gasteiger partial charge in [0, 0.05) is 11.6 Å². The maximum absolute atomic E-state index is 9.99. The van der Waals surface area contributed by atoms with E-state index in [0.29, 0.717) is 23.1 Å². The second kappa shape index (κ2) is 7.15. The van der Waals surface area contributed by atoms with E-state index in [4.69, 9.17) is 19.2 Å². The van der Waals surface area contributed by atoms with Crippen molar-refractivity contribution in [3.8, 4) is 40.1 Å².